The van der Waals surface area contributed by atoms with Crippen molar-refractivity contribution in [2.24, 2.45) is 15.9 Å². The molecule has 0 atom stereocenters. The molecule has 0 spiro atoms. The Balaban J connectivity index is 1.51. The maximum atomic E-state index is 14.5. The summed E-state index contributed by atoms with van der Waals surface area (Å²) >= 11 is 0. The van der Waals surface area contributed by atoms with Crippen LogP contribution in [0.25, 0.3) is 5.52 Å². The van der Waals surface area contributed by atoms with Gasteiger partial charge in [-0.25, -0.2) is 23.1 Å². The number of Topliss-reactive ketones (excluding diaryl/α,β-unsaturated/α-hetero) is 1. The van der Waals surface area contributed by atoms with Crippen LogP contribution in [0.5, 0.6) is 5.75 Å². The summed E-state index contributed by atoms with van der Waals surface area (Å²) in [4.78, 5) is 35.1. The van der Waals surface area contributed by atoms with E-state index in [9.17, 15) is 18.4 Å². The molecule has 2 N–H and O–H groups in total. The first-order valence-electron chi connectivity index (χ1n) is 12.7. The van der Waals surface area contributed by atoms with Crippen molar-refractivity contribution in [3.63, 3.8) is 0 Å². The van der Waals surface area contributed by atoms with Gasteiger partial charge in [-0.2, -0.15) is 10.2 Å². The number of nitrogens with two attached hydrogens (primary N) is 1. The minimum absolute atomic E-state index is 0.00691. The largest absolute Gasteiger partial charge is 0.483 e. The number of rotatable bonds is 7. The molecule has 0 saturated carbocycles. The number of aliphatic imine (C=N–C) groups is 1. The van der Waals surface area contributed by atoms with Gasteiger partial charge < -0.3 is 20.2 Å². The van der Waals surface area contributed by atoms with Gasteiger partial charge in [-0.15, -0.1) is 0 Å². The zero-order valence-electron chi connectivity index (χ0n) is 22.7. The summed E-state index contributed by atoms with van der Waals surface area (Å²) in [6.07, 6.45) is 4.39. The van der Waals surface area contributed by atoms with Gasteiger partial charge in [-0.05, 0) is 58.7 Å². The number of hydrogen-bond donors (Lipinski definition) is 1. The van der Waals surface area contributed by atoms with Crippen LogP contribution in [0, 0.1) is 11.6 Å². The molecule has 212 valence electrons. The smallest absolute Gasteiger partial charge is 0.410 e. The predicted octanol–water partition coefficient (Wildman–Crippen LogP) is 3.79. The van der Waals surface area contributed by atoms with E-state index in [0.717, 1.165) is 18.5 Å². The van der Waals surface area contributed by atoms with E-state index in [2.05, 4.69) is 15.2 Å². The van der Waals surface area contributed by atoms with Crippen molar-refractivity contribution in [2.75, 3.05) is 19.7 Å². The number of amides is 1. The highest BCUT2D eigenvalue weighted by Crippen LogP contribution is 2.26. The molecule has 3 aromatic rings. The summed E-state index contributed by atoms with van der Waals surface area (Å²) < 4.78 is 40.1. The Kier molecular flexibility index (Phi) is 8.40. The number of likely N-dealkylation sites (tertiary alicyclic amines) is 1. The molecule has 11 nitrogen and oxygen atoms in total. The van der Waals surface area contributed by atoms with E-state index in [1.807, 2.05) is 20.8 Å². The lowest BCUT2D eigenvalue weighted by atomic mass is 10.0. The average Bonchev–Trinajstić information content (AvgIpc) is 3.28. The van der Waals surface area contributed by atoms with E-state index in [4.69, 9.17) is 20.3 Å². The molecule has 40 heavy (non-hydrogen) atoms. The molecular formula is C27H31F2N7O4. The Bertz CT molecular complexity index is 1450. The van der Waals surface area contributed by atoms with Crippen molar-refractivity contribution in [1.29, 1.82) is 0 Å². The zero-order chi connectivity index (χ0) is 29.0. The van der Waals surface area contributed by atoms with Crippen LogP contribution in [0.1, 0.15) is 56.6 Å². The fourth-order valence-electron chi connectivity index (χ4n) is 4.26. The van der Waals surface area contributed by atoms with Gasteiger partial charge in [0.05, 0.1) is 24.1 Å². The van der Waals surface area contributed by atoms with Gasteiger partial charge in [-0.3, -0.25) is 9.79 Å². The van der Waals surface area contributed by atoms with E-state index in [-0.39, 0.29) is 29.1 Å². The lowest BCUT2D eigenvalue weighted by Gasteiger charge is -2.32. The van der Waals surface area contributed by atoms with Gasteiger partial charge >= 0.3 is 6.09 Å². The number of carbonyl (C=O) groups is 2. The van der Waals surface area contributed by atoms with E-state index in [1.165, 1.54) is 22.8 Å². The number of hydrogen-bond acceptors (Lipinski definition) is 9. The predicted molar refractivity (Wildman–Crippen MR) is 144 cm³/mol. The molecule has 1 fully saturated rings. The minimum Gasteiger partial charge on any atom is -0.483 e. The SMILES string of the molecule is CC(=NC1CCN(C(=O)OC(C)(C)C)CC1)/C(=N\N)c1cc(OCC(=O)c2ccc(F)cn2)c2c(F)cnn2c1. The second-order valence-electron chi connectivity index (χ2n) is 10.3. The summed E-state index contributed by atoms with van der Waals surface area (Å²) in [7, 11) is 0. The topological polar surface area (TPSA) is 137 Å². The number of fused-ring (bicyclic) bond motifs is 1. The number of aromatic nitrogens is 3. The quantitative estimate of drug-likeness (QED) is 0.203. The molecule has 0 aliphatic carbocycles. The van der Waals surface area contributed by atoms with Gasteiger partial charge in [-0.1, -0.05) is 0 Å². The molecule has 0 bridgehead atoms. The Morgan fingerprint density at radius 2 is 1.90 bits per heavy atom. The van der Waals surface area contributed by atoms with Crippen molar-refractivity contribution >= 4 is 28.8 Å². The number of piperidine rings is 1. The molecule has 3 aromatic heterocycles. The molecule has 0 unspecified atom stereocenters. The normalized spacial score (nSPS) is 15.4. The Morgan fingerprint density at radius 1 is 1.18 bits per heavy atom. The Hall–Kier alpha value is -4.42. The van der Waals surface area contributed by atoms with E-state index in [0.29, 0.717) is 42.9 Å². The average molecular weight is 556 g/mol. The lowest BCUT2D eigenvalue weighted by Crippen LogP contribution is -2.42. The van der Waals surface area contributed by atoms with Crippen molar-refractivity contribution < 1.29 is 27.8 Å². The first-order valence-corrected chi connectivity index (χ1v) is 12.7. The van der Waals surface area contributed by atoms with Gasteiger partial charge in [0.1, 0.15) is 34.1 Å². The van der Waals surface area contributed by atoms with Crippen molar-refractivity contribution in [3.05, 3.63) is 59.7 Å². The fourth-order valence-corrected chi connectivity index (χ4v) is 4.26. The maximum Gasteiger partial charge on any atom is 0.410 e. The Morgan fingerprint density at radius 3 is 2.52 bits per heavy atom. The summed E-state index contributed by atoms with van der Waals surface area (Å²) in [6.45, 7) is 7.75. The van der Waals surface area contributed by atoms with Crippen LogP contribution >= 0.6 is 0 Å². The van der Waals surface area contributed by atoms with Gasteiger partial charge in [0.25, 0.3) is 0 Å². The Labute approximate surface area is 229 Å². The number of ether oxygens (including phenoxy) is 2. The van der Waals surface area contributed by atoms with Crippen molar-refractivity contribution in [2.45, 2.75) is 52.2 Å². The van der Waals surface area contributed by atoms with Crippen LogP contribution in [0.3, 0.4) is 0 Å². The highest BCUT2D eigenvalue weighted by atomic mass is 19.1. The van der Waals surface area contributed by atoms with Crippen molar-refractivity contribution in [3.8, 4) is 5.75 Å². The van der Waals surface area contributed by atoms with E-state index in [1.54, 1.807) is 11.8 Å². The van der Waals surface area contributed by atoms with Crippen LogP contribution in [0.15, 0.2) is 46.9 Å². The molecule has 4 rings (SSSR count). The monoisotopic (exact) mass is 555 g/mol. The third-order valence-corrected chi connectivity index (χ3v) is 6.14. The molecule has 1 saturated heterocycles. The second-order valence-corrected chi connectivity index (χ2v) is 10.3. The summed E-state index contributed by atoms with van der Waals surface area (Å²) in [6, 6.07) is 3.78. The van der Waals surface area contributed by atoms with Gasteiger partial charge in [0, 0.05) is 24.8 Å². The highest BCUT2D eigenvalue weighted by molar-refractivity contribution is 6.47. The van der Waals surface area contributed by atoms with Crippen LogP contribution in [0.2, 0.25) is 0 Å². The number of ketones is 1. The third kappa shape index (κ3) is 6.77. The molecule has 0 aromatic carbocycles. The molecular weight excluding hydrogens is 524 g/mol. The van der Waals surface area contributed by atoms with Crippen LogP contribution in [-0.2, 0) is 4.74 Å². The van der Waals surface area contributed by atoms with Crippen LogP contribution < -0.4 is 10.6 Å². The molecule has 1 aliphatic heterocycles. The second kappa shape index (κ2) is 11.8. The molecule has 0 radical (unpaired) electrons. The standard InChI is InChI=1S/C27H31F2N7O4/c1-16(33-19-7-9-35(10-8-19)26(38)40-27(2,3)4)24(34-30)17-11-23(25-20(29)13-32-36(25)14-17)39-15-22(37)21-6-5-18(28)12-31-21/h5-6,11-14,19H,7-10,15,30H2,1-4H3/b33-16?,34-24+. The van der Waals surface area contributed by atoms with Crippen LogP contribution in [0.4, 0.5) is 13.6 Å². The first kappa shape index (κ1) is 28.6. The van der Waals surface area contributed by atoms with E-state index < -0.39 is 29.6 Å². The highest BCUT2D eigenvalue weighted by Gasteiger charge is 2.27. The van der Waals surface area contributed by atoms with Crippen LogP contribution in [-0.4, -0.2) is 74.1 Å². The summed E-state index contributed by atoms with van der Waals surface area (Å²) in [5, 5.41) is 7.93. The number of pyridine rings is 2. The number of halogens is 2. The lowest BCUT2D eigenvalue weighted by molar-refractivity contribution is 0.0207. The number of nitrogens with zero attached hydrogens (tertiary/aromatic N) is 6. The molecule has 1 aliphatic rings. The first-order chi connectivity index (χ1) is 18.9. The zero-order valence-corrected chi connectivity index (χ0v) is 22.7. The minimum atomic E-state index is -0.651. The molecule has 13 heteroatoms. The molecule has 4 heterocycles. The number of hydrazone groups is 1. The summed E-state index contributed by atoms with van der Waals surface area (Å²) in [5.41, 5.74) is 0.748. The van der Waals surface area contributed by atoms with Gasteiger partial charge in [0.15, 0.2) is 12.4 Å². The van der Waals surface area contributed by atoms with E-state index >= 15 is 0 Å². The van der Waals surface area contributed by atoms with Crippen molar-refractivity contribution in [1.82, 2.24) is 19.5 Å². The fraction of sp³-hybridized carbons (Fsp3) is 0.407. The molecule has 1 amide bonds. The summed E-state index contributed by atoms with van der Waals surface area (Å²) in [5.74, 6) is 4.02. The maximum absolute atomic E-state index is 14.5. The third-order valence-electron chi connectivity index (χ3n) is 6.14. The number of carbonyl (C=O) groups excluding carboxylic acids is 2. The van der Waals surface area contributed by atoms with Gasteiger partial charge in [0.2, 0.25) is 5.78 Å².